The molecule has 0 amide bonds. The molecule has 0 radical (unpaired) electrons. The smallest absolute Gasteiger partial charge is 0.0163 e. The van der Waals surface area contributed by atoms with Gasteiger partial charge in [0.05, 0.1) is 0 Å². The molecular weight excluding hydrogens is 150 g/mol. The average Bonchev–Trinajstić information content (AvgIpc) is 2.16. The summed E-state index contributed by atoms with van der Waals surface area (Å²) in [5, 5.41) is 3.36. The van der Waals surface area contributed by atoms with Crippen LogP contribution < -0.4 is 16.8 Å². The van der Waals surface area contributed by atoms with Crippen molar-refractivity contribution >= 4 is 0 Å². The first-order chi connectivity index (χ1) is 5.83. The van der Waals surface area contributed by atoms with Crippen molar-refractivity contribution in [2.75, 3.05) is 19.6 Å². The van der Waals surface area contributed by atoms with Gasteiger partial charge in [-0.2, -0.15) is 0 Å². The molecule has 1 rings (SSSR count). The molecule has 0 spiro atoms. The summed E-state index contributed by atoms with van der Waals surface area (Å²) in [5.41, 5.74) is 11.2. The van der Waals surface area contributed by atoms with Crippen LogP contribution in [0.25, 0.3) is 0 Å². The molecule has 1 saturated heterocycles. The van der Waals surface area contributed by atoms with Crippen LogP contribution in [0.3, 0.4) is 0 Å². The summed E-state index contributed by atoms with van der Waals surface area (Å²) >= 11 is 0. The third kappa shape index (κ3) is 3.52. The molecule has 0 aromatic carbocycles. The van der Waals surface area contributed by atoms with Gasteiger partial charge >= 0.3 is 0 Å². The van der Waals surface area contributed by atoms with Crippen molar-refractivity contribution in [3.05, 3.63) is 0 Å². The quantitative estimate of drug-likeness (QED) is 0.560. The van der Waals surface area contributed by atoms with Gasteiger partial charge in [0.15, 0.2) is 0 Å². The number of rotatable bonds is 4. The highest BCUT2D eigenvalue weighted by Gasteiger charge is 2.13. The fraction of sp³-hybridized carbons (Fsp3) is 1.00. The Morgan fingerprint density at radius 3 is 2.58 bits per heavy atom. The second-order valence-corrected chi connectivity index (χ2v) is 3.77. The van der Waals surface area contributed by atoms with E-state index in [-0.39, 0.29) is 6.04 Å². The summed E-state index contributed by atoms with van der Waals surface area (Å²) in [7, 11) is 0. The van der Waals surface area contributed by atoms with Crippen LogP contribution >= 0.6 is 0 Å². The first-order valence-corrected chi connectivity index (χ1v) is 4.99. The van der Waals surface area contributed by atoms with Crippen LogP contribution in [0.2, 0.25) is 0 Å². The Labute approximate surface area is 74.9 Å². The molecule has 0 bridgehead atoms. The van der Waals surface area contributed by atoms with Crippen molar-refractivity contribution in [2.24, 2.45) is 17.4 Å². The molecule has 1 aliphatic heterocycles. The van der Waals surface area contributed by atoms with Gasteiger partial charge < -0.3 is 16.8 Å². The van der Waals surface area contributed by atoms with Gasteiger partial charge in [-0.3, -0.25) is 0 Å². The van der Waals surface area contributed by atoms with E-state index in [2.05, 4.69) is 5.32 Å². The van der Waals surface area contributed by atoms with Gasteiger partial charge in [0, 0.05) is 12.6 Å². The normalized spacial score (nSPS) is 22.5. The van der Waals surface area contributed by atoms with Crippen molar-refractivity contribution in [2.45, 2.75) is 31.7 Å². The van der Waals surface area contributed by atoms with Gasteiger partial charge in [-0.1, -0.05) is 0 Å². The van der Waals surface area contributed by atoms with E-state index in [4.69, 9.17) is 11.5 Å². The Morgan fingerprint density at radius 2 is 2.00 bits per heavy atom. The Kier molecular flexibility index (Phi) is 4.58. The van der Waals surface area contributed by atoms with Crippen LogP contribution in [-0.4, -0.2) is 25.7 Å². The Morgan fingerprint density at radius 1 is 1.33 bits per heavy atom. The number of nitrogens with two attached hydrogens (primary N) is 2. The molecule has 0 saturated carbocycles. The molecule has 0 aromatic heterocycles. The maximum atomic E-state index is 5.75. The van der Waals surface area contributed by atoms with Gasteiger partial charge in [-0.25, -0.2) is 0 Å². The molecule has 3 nitrogen and oxygen atoms in total. The highest BCUT2D eigenvalue weighted by Crippen LogP contribution is 2.17. The molecule has 3 heteroatoms. The summed E-state index contributed by atoms with van der Waals surface area (Å²) in [5.74, 6) is 0.892. The summed E-state index contributed by atoms with van der Waals surface area (Å²) in [6.45, 7) is 3.00. The van der Waals surface area contributed by atoms with Crippen molar-refractivity contribution in [1.82, 2.24) is 5.32 Å². The molecule has 1 heterocycles. The Hall–Kier alpha value is -0.120. The average molecular weight is 171 g/mol. The lowest BCUT2D eigenvalue weighted by Gasteiger charge is -2.23. The highest BCUT2D eigenvalue weighted by molar-refractivity contribution is 4.71. The summed E-state index contributed by atoms with van der Waals surface area (Å²) in [4.78, 5) is 0. The fourth-order valence-electron chi connectivity index (χ4n) is 1.74. The van der Waals surface area contributed by atoms with E-state index in [0.717, 1.165) is 12.3 Å². The standard InChI is InChI=1S/C9H21N3/c10-7-9(11)2-1-8-3-5-12-6-4-8/h8-9,12H,1-7,10-11H2. The monoisotopic (exact) mass is 171 g/mol. The lowest BCUT2D eigenvalue weighted by molar-refractivity contribution is 0.337. The minimum absolute atomic E-state index is 0.222. The second-order valence-electron chi connectivity index (χ2n) is 3.77. The maximum absolute atomic E-state index is 5.75. The summed E-state index contributed by atoms with van der Waals surface area (Å²) in [6, 6.07) is 0.222. The molecule has 1 atom stereocenters. The molecule has 5 N–H and O–H groups in total. The van der Waals surface area contributed by atoms with Crippen molar-refractivity contribution in [3.63, 3.8) is 0 Å². The summed E-state index contributed by atoms with van der Waals surface area (Å²) < 4.78 is 0. The molecule has 1 fully saturated rings. The van der Waals surface area contributed by atoms with Crippen LogP contribution in [0.4, 0.5) is 0 Å². The first kappa shape index (κ1) is 9.96. The molecule has 0 aliphatic carbocycles. The highest BCUT2D eigenvalue weighted by atomic mass is 14.9. The Balaban J connectivity index is 2.05. The molecular formula is C9H21N3. The molecule has 12 heavy (non-hydrogen) atoms. The first-order valence-electron chi connectivity index (χ1n) is 4.99. The number of piperidine rings is 1. The van der Waals surface area contributed by atoms with Crippen LogP contribution in [0.5, 0.6) is 0 Å². The van der Waals surface area contributed by atoms with E-state index >= 15 is 0 Å². The zero-order valence-corrected chi connectivity index (χ0v) is 7.76. The van der Waals surface area contributed by atoms with E-state index in [9.17, 15) is 0 Å². The predicted molar refractivity (Wildman–Crippen MR) is 51.9 cm³/mol. The fourth-order valence-corrected chi connectivity index (χ4v) is 1.74. The third-order valence-electron chi connectivity index (χ3n) is 2.71. The van der Waals surface area contributed by atoms with E-state index < -0.39 is 0 Å². The third-order valence-corrected chi connectivity index (χ3v) is 2.71. The predicted octanol–water partition coefficient (Wildman–Crippen LogP) is 0.0522. The minimum atomic E-state index is 0.222. The van der Waals surface area contributed by atoms with Crippen molar-refractivity contribution in [3.8, 4) is 0 Å². The van der Waals surface area contributed by atoms with Crippen molar-refractivity contribution < 1.29 is 0 Å². The van der Waals surface area contributed by atoms with Gasteiger partial charge in [0.25, 0.3) is 0 Å². The lowest BCUT2D eigenvalue weighted by atomic mass is 9.91. The van der Waals surface area contributed by atoms with Crippen molar-refractivity contribution in [1.29, 1.82) is 0 Å². The van der Waals surface area contributed by atoms with E-state index in [0.29, 0.717) is 6.54 Å². The van der Waals surface area contributed by atoms with Gasteiger partial charge in [-0.05, 0) is 44.7 Å². The van der Waals surface area contributed by atoms with E-state index in [1.807, 2.05) is 0 Å². The lowest BCUT2D eigenvalue weighted by Crippen LogP contribution is -2.32. The van der Waals surface area contributed by atoms with Crippen LogP contribution in [0, 0.1) is 5.92 Å². The molecule has 1 unspecified atom stereocenters. The minimum Gasteiger partial charge on any atom is -0.329 e. The zero-order valence-electron chi connectivity index (χ0n) is 7.76. The largest absolute Gasteiger partial charge is 0.329 e. The van der Waals surface area contributed by atoms with E-state index in [1.165, 1.54) is 32.4 Å². The molecule has 72 valence electrons. The zero-order chi connectivity index (χ0) is 8.81. The van der Waals surface area contributed by atoms with E-state index in [1.54, 1.807) is 0 Å². The van der Waals surface area contributed by atoms with Crippen LogP contribution in [-0.2, 0) is 0 Å². The number of nitrogens with one attached hydrogen (secondary N) is 1. The van der Waals surface area contributed by atoms with Gasteiger partial charge in [0.2, 0.25) is 0 Å². The van der Waals surface area contributed by atoms with Gasteiger partial charge in [0.1, 0.15) is 0 Å². The SMILES string of the molecule is NCC(N)CCC1CCNCC1. The summed E-state index contributed by atoms with van der Waals surface area (Å²) in [6.07, 6.45) is 5.00. The molecule has 1 aliphatic rings. The topological polar surface area (TPSA) is 64.1 Å². The number of hydrogen-bond donors (Lipinski definition) is 3. The van der Waals surface area contributed by atoms with Crippen LogP contribution in [0.1, 0.15) is 25.7 Å². The Bertz CT molecular complexity index is 110. The maximum Gasteiger partial charge on any atom is 0.0163 e. The molecule has 0 aromatic rings. The second kappa shape index (κ2) is 5.51. The van der Waals surface area contributed by atoms with Crippen LogP contribution in [0.15, 0.2) is 0 Å². The number of hydrogen-bond acceptors (Lipinski definition) is 3. The van der Waals surface area contributed by atoms with Gasteiger partial charge in [-0.15, -0.1) is 0 Å².